The van der Waals surface area contributed by atoms with Gasteiger partial charge < -0.3 is 4.74 Å². The quantitative estimate of drug-likeness (QED) is 0.858. The molecule has 3 aliphatic rings. The molecule has 120 valence electrons. The molecule has 4 nitrogen and oxygen atoms in total. The Bertz CT molecular complexity index is 488. The summed E-state index contributed by atoms with van der Waals surface area (Å²) in [6, 6.07) is 2.29. The molecule has 2 aliphatic heterocycles. The monoisotopic (exact) mass is 301 g/mol. The Morgan fingerprint density at radius 2 is 2.00 bits per heavy atom. The molecule has 0 N–H and O–H groups in total. The maximum Gasteiger partial charge on any atom is 0.145 e. The first kappa shape index (κ1) is 14.6. The Kier molecular flexibility index (Phi) is 4.14. The van der Waals surface area contributed by atoms with Crippen LogP contribution in [-0.4, -0.2) is 40.7 Å². The number of ether oxygens (including phenoxy) is 1. The van der Waals surface area contributed by atoms with Gasteiger partial charge in [0.15, 0.2) is 0 Å². The maximum atomic E-state index is 6.11. The second kappa shape index (κ2) is 6.25. The van der Waals surface area contributed by atoms with Crippen LogP contribution in [0.15, 0.2) is 18.5 Å². The highest BCUT2D eigenvalue weighted by molar-refractivity contribution is 5.00. The van der Waals surface area contributed by atoms with Crippen molar-refractivity contribution in [1.29, 1.82) is 0 Å². The molecular formula is C18H27N3O. The molecule has 3 fully saturated rings. The van der Waals surface area contributed by atoms with Gasteiger partial charge in [-0.2, -0.15) is 0 Å². The van der Waals surface area contributed by atoms with Crippen molar-refractivity contribution in [3.8, 4) is 0 Å². The number of piperidine rings is 1. The van der Waals surface area contributed by atoms with E-state index in [0.717, 1.165) is 25.5 Å². The fraction of sp³-hybridized carbons (Fsp3) is 0.778. The molecule has 3 heterocycles. The third-order valence-electron chi connectivity index (χ3n) is 6.00. The topological polar surface area (TPSA) is 38.2 Å². The lowest BCUT2D eigenvalue weighted by molar-refractivity contribution is -0.0952. The first-order valence-electron chi connectivity index (χ1n) is 8.97. The van der Waals surface area contributed by atoms with Crippen LogP contribution < -0.4 is 0 Å². The van der Waals surface area contributed by atoms with Crippen LogP contribution in [0.3, 0.4) is 0 Å². The van der Waals surface area contributed by atoms with Crippen LogP contribution in [0.2, 0.25) is 0 Å². The Morgan fingerprint density at radius 1 is 1.14 bits per heavy atom. The predicted molar refractivity (Wildman–Crippen MR) is 85.5 cm³/mol. The predicted octanol–water partition coefficient (Wildman–Crippen LogP) is 3.35. The second-order valence-corrected chi connectivity index (χ2v) is 7.41. The van der Waals surface area contributed by atoms with Crippen LogP contribution in [0.4, 0.5) is 0 Å². The van der Waals surface area contributed by atoms with E-state index >= 15 is 0 Å². The summed E-state index contributed by atoms with van der Waals surface area (Å²) in [4.78, 5) is 11.6. The Balaban J connectivity index is 1.43. The zero-order valence-electron chi connectivity index (χ0n) is 13.4. The average Bonchev–Trinajstić information content (AvgIpc) is 2.55. The van der Waals surface area contributed by atoms with Crippen molar-refractivity contribution in [3.05, 3.63) is 24.3 Å². The largest absolute Gasteiger partial charge is 0.377 e. The van der Waals surface area contributed by atoms with E-state index in [1.165, 1.54) is 51.4 Å². The standard InChI is InChI=1S/C18H27N3O/c1-2-11-21(16(5-1)17-19-9-4-10-20-17)14-15-13-18(6-3-7-18)8-12-22-15/h4,9-10,15-16H,1-3,5-8,11-14H2. The number of aromatic nitrogens is 2. The van der Waals surface area contributed by atoms with Crippen LogP contribution in [0.5, 0.6) is 0 Å². The summed E-state index contributed by atoms with van der Waals surface area (Å²) in [5.74, 6) is 0.997. The van der Waals surface area contributed by atoms with E-state index in [1.54, 1.807) is 0 Å². The van der Waals surface area contributed by atoms with Crippen molar-refractivity contribution in [2.45, 2.75) is 63.5 Å². The zero-order chi connectivity index (χ0) is 14.8. The minimum atomic E-state index is 0.387. The highest BCUT2D eigenvalue weighted by Gasteiger charge is 2.42. The van der Waals surface area contributed by atoms with E-state index < -0.39 is 0 Å². The lowest BCUT2D eigenvalue weighted by Crippen LogP contribution is -2.46. The van der Waals surface area contributed by atoms with Gasteiger partial charge in [0, 0.05) is 25.5 Å². The van der Waals surface area contributed by atoms with Crippen molar-refractivity contribution < 1.29 is 4.74 Å². The number of hydrogen-bond donors (Lipinski definition) is 0. The van der Waals surface area contributed by atoms with Gasteiger partial charge in [-0.05, 0) is 56.6 Å². The first-order chi connectivity index (χ1) is 10.8. The molecule has 1 aromatic heterocycles. The second-order valence-electron chi connectivity index (χ2n) is 7.41. The summed E-state index contributed by atoms with van der Waals surface area (Å²) in [5.41, 5.74) is 0.636. The molecule has 1 aromatic rings. The molecule has 2 saturated heterocycles. The third-order valence-corrected chi connectivity index (χ3v) is 6.00. The normalized spacial score (nSPS) is 31.8. The SMILES string of the molecule is c1cnc(C2CCCCN2CC2CC3(CCC3)CCO2)nc1. The summed E-state index contributed by atoms with van der Waals surface area (Å²) in [5, 5.41) is 0. The van der Waals surface area contributed by atoms with E-state index in [1.807, 2.05) is 18.5 Å². The lowest BCUT2D eigenvalue weighted by atomic mass is 9.63. The van der Waals surface area contributed by atoms with Crippen LogP contribution in [0.1, 0.15) is 63.2 Å². The van der Waals surface area contributed by atoms with Gasteiger partial charge in [0.25, 0.3) is 0 Å². The van der Waals surface area contributed by atoms with E-state index in [9.17, 15) is 0 Å². The van der Waals surface area contributed by atoms with Crippen molar-refractivity contribution in [2.75, 3.05) is 19.7 Å². The van der Waals surface area contributed by atoms with Gasteiger partial charge in [0.1, 0.15) is 5.82 Å². The number of rotatable bonds is 3. The molecule has 2 unspecified atom stereocenters. The molecule has 0 bridgehead atoms. The molecule has 0 aromatic carbocycles. The summed E-state index contributed by atoms with van der Waals surface area (Å²) < 4.78 is 6.11. The van der Waals surface area contributed by atoms with Gasteiger partial charge in [0.05, 0.1) is 12.1 Å². The smallest absolute Gasteiger partial charge is 0.145 e. The Morgan fingerprint density at radius 3 is 2.77 bits per heavy atom. The molecule has 0 amide bonds. The van der Waals surface area contributed by atoms with Gasteiger partial charge in [-0.1, -0.05) is 12.8 Å². The molecular weight excluding hydrogens is 274 g/mol. The van der Waals surface area contributed by atoms with Crippen LogP contribution in [0, 0.1) is 5.41 Å². The summed E-state index contributed by atoms with van der Waals surface area (Å²) in [6.45, 7) is 3.19. The number of hydrogen-bond acceptors (Lipinski definition) is 4. The summed E-state index contributed by atoms with van der Waals surface area (Å²) in [7, 11) is 0. The fourth-order valence-electron chi connectivity index (χ4n) is 4.58. The Hall–Kier alpha value is -1.00. The van der Waals surface area contributed by atoms with Gasteiger partial charge in [-0.15, -0.1) is 0 Å². The minimum absolute atomic E-state index is 0.387. The van der Waals surface area contributed by atoms with Gasteiger partial charge in [-0.3, -0.25) is 4.90 Å². The van der Waals surface area contributed by atoms with Crippen LogP contribution in [0.25, 0.3) is 0 Å². The molecule has 1 spiro atoms. The van der Waals surface area contributed by atoms with Gasteiger partial charge in [-0.25, -0.2) is 9.97 Å². The number of nitrogens with zero attached hydrogens (tertiary/aromatic N) is 3. The van der Waals surface area contributed by atoms with Crippen LogP contribution >= 0.6 is 0 Å². The fourth-order valence-corrected chi connectivity index (χ4v) is 4.58. The molecule has 4 heteroatoms. The third kappa shape index (κ3) is 2.91. The van der Waals surface area contributed by atoms with Crippen molar-refractivity contribution in [1.82, 2.24) is 14.9 Å². The van der Waals surface area contributed by atoms with E-state index in [0.29, 0.717) is 17.6 Å². The highest BCUT2D eigenvalue weighted by atomic mass is 16.5. The molecule has 4 rings (SSSR count). The molecule has 0 radical (unpaired) electrons. The molecule has 1 aliphatic carbocycles. The van der Waals surface area contributed by atoms with Gasteiger partial charge in [0.2, 0.25) is 0 Å². The first-order valence-corrected chi connectivity index (χ1v) is 8.97. The highest BCUT2D eigenvalue weighted by Crippen LogP contribution is 2.50. The molecule has 1 saturated carbocycles. The van der Waals surface area contributed by atoms with E-state index in [2.05, 4.69) is 14.9 Å². The number of likely N-dealkylation sites (tertiary alicyclic amines) is 1. The van der Waals surface area contributed by atoms with Crippen LogP contribution in [-0.2, 0) is 4.74 Å². The average molecular weight is 301 g/mol. The van der Waals surface area contributed by atoms with Crippen molar-refractivity contribution in [2.24, 2.45) is 5.41 Å². The zero-order valence-corrected chi connectivity index (χ0v) is 13.4. The van der Waals surface area contributed by atoms with Gasteiger partial charge >= 0.3 is 0 Å². The summed E-state index contributed by atoms with van der Waals surface area (Å²) in [6.07, 6.45) is 14.8. The summed E-state index contributed by atoms with van der Waals surface area (Å²) >= 11 is 0. The van der Waals surface area contributed by atoms with Crippen molar-refractivity contribution >= 4 is 0 Å². The molecule has 2 atom stereocenters. The lowest BCUT2D eigenvalue weighted by Gasteiger charge is -2.49. The maximum absolute atomic E-state index is 6.11. The molecule has 22 heavy (non-hydrogen) atoms. The van der Waals surface area contributed by atoms with E-state index in [4.69, 9.17) is 4.74 Å². The minimum Gasteiger partial charge on any atom is -0.377 e. The van der Waals surface area contributed by atoms with Crippen molar-refractivity contribution in [3.63, 3.8) is 0 Å². The van der Waals surface area contributed by atoms with E-state index in [-0.39, 0.29) is 0 Å². The Labute approximate surface area is 133 Å².